The van der Waals surface area contributed by atoms with Crippen molar-refractivity contribution in [1.82, 2.24) is 5.43 Å². The van der Waals surface area contributed by atoms with Crippen LogP contribution in [0.3, 0.4) is 0 Å². The van der Waals surface area contributed by atoms with E-state index in [0.29, 0.717) is 11.3 Å². The summed E-state index contributed by atoms with van der Waals surface area (Å²) in [5.41, 5.74) is 5.68. The van der Waals surface area contributed by atoms with E-state index in [9.17, 15) is 9.90 Å². The predicted molar refractivity (Wildman–Crippen MR) is 82.9 cm³/mol. The first kappa shape index (κ1) is 14.9. The van der Waals surface area contributed by atoms with Crippen molar-refractivity contribution >= 4 is 11.6 Å². The van der Waals surface area contributed by atoms with E-state index in [1.165, 1.54) is 0 Å². The normalized spacial score (nSPS) is 12.8. The minimum Gasteiger partial charge on any atom is -0.378 e. The number of amides is 1. The van der Waals surface area contributed by atoms with Gasteiger partial charge in [0, 0.05) is 0 Å². The number of hydrazone groups is 1. The minimum atomic E-state index is -1.22. The molecule has 0 spiro atoms. The summed E-state index contributed by atoms with van der Waals surface area (Å²) in [4.78, 5) is 11.9. The van der Waals surface area contributed by atoms with Crippen LogP contribution in [0.15, 0.2) is 59.7 Å². The van der Waals surface area contributed by atoms with Crippen LogP contribution in [0, 0.1) is 6.92 Å². The fraction of sp³-hybridized carbons (Fsp3) is 0.176. The van der Waals surface area contributed by atoms with Gasteiger partial charge in [0.1, 0.15) is 0 Å². The second-order valence-corrected chi connectivity index (χ2v) is 4.86. The number of rotatable bonds is 4. The maximum absolute atomic E-state index is 11.9. The molecule has 1 atom stereocenters. The summed E-state index contributed by atoms with van der Waals surface area (Å²) in [5, 5.41) is 14.0. The molecular formula is C17H18N2O2. The maximum Gasteiger partial charge on any atom is 0.273 e. The molecule has 0 heterocycles. The smallest absolute Gasteiger partial charge is 0.273 e. The van der Waals surface area contributed by atoms with Gasteiger partial charge in [0.15, 0.2) is 6.10 Å². The average Bonchev–Trinajstić information content (AvgIpc) is 2.52. The Labute approximate surface area is 124 Å². The van der Waals surface area contributed by atoms with Gasteiger partial charge in [-0.15, -0.1) is 0 Å². The van der Waals surface area contributed by atoms with Crippen molar-refractivity contribution in [2.75, 3.05) is 0 Å². The van der Waals surface area contributed by atoms with E-state index in [1.807, 2.05) is 44.2 Å². The summed E-state index contributed by atoms with van der Waals surface area (Å²) >= 11 is 0. The van der Waals surface area contributed by atoms with Crippen LogP contribution >= 0.6 is 0 Å². The van der Waals surface area contributed by atoms with E-state index in [4.69, 9.17) is 0 Å². The second-order valence-electron chi connectivity index (χ2n) is 4.86. The highest BCUT2D eigenvalue weighted by atomic mass is 16.3. The first-order valence-corrected chi connectivity index (χ1v) is 6.72. The van der Waals surface area contributed by atoms with Crippen LogP contribution in [-0.4, -0.2) is 16.7 Å². The highest BCUT2D eigenvalue weighted by Gasteiger charge is 2.16. The number of hydrogen-bond acceptors (Lipinski definition) is 3. The fourth-order valence-corrected chi connectivity index (χ4v) is 1.92. The van der Waals surface area contributed by atoms with Gasteiger partial charge in [0.05, 0.1) is 5.71 Å². The molecule has 1 unspecified atom stereocenters. The lowest BCUT2D eigenvalue weighted by atomic mass is 10.1. The lowest BCUT2D eigenvalue weighted by Gasteiger charge is -2.09. The van der Waals surface area contributed by atoms with Crippen molar-refractivity contribution in [3.8, 4) is 0 Å². The molecule has 0 aliphatic heterocycles. The van der Waals surface area contributed by atoms with Crippen LogP contribution < -0.4 is 5.43 Å². The molecule has 21 heavy (non-hydrogen) atoms. The summed E-state index contributed by atoms with van der Waals surface area (Å²) in [5.74, 6) is -0.548. The van der Waals surface area contributed by atoms with Gasteiger partial charge < -0.3 is 5.11 Å². The zero-order chi connectivity index (χ0) is 15.2. The Bertz CT molecular complexity index is 651. The van der Waals surface area contributed by atoms with E-state index < -0.39 is 12.0 Å². The van der Waals surface area contributed by atoms with Gasteiger partial charge >= 0.3 is 0 Å². The SMILES string of the molecule is C/C(=N\NC(=O)C(O)c1ccccc1)c1cccc(C)c1. The van der Waals surface area contributed by atoms with Crippen molar-refractivity contribution in [3.63, 3.8) is 0 Å². The van der Waals surface area contributed by atoms with E-state index in [2.05, 4.69) is 10.5 Å². The van der Waals surface area contributed by atoms with Crippen LogP contribution in [0.25, 0.3) is 0 Å². The molecule has 2 aromatic rings. The molecule has 0 saturated carbocycles. The number of aliphatic hydroxyl groups is 1. The Morgan fingerprint density at radius 3 is 2.52 bits per heavy atom. The molecule has 4 heteroatoms. The van der Waals surface area contributed by atoms with Crippen LogP contribution in [-0.2, 0) is 4.79 Å². The van der Waals surface area contributed by atoms with Gasteiger partial charge in [-0.3, -0.25) is 4.79 Å². The van der Waals surface area contributed by atoms with Crippen LogP contribution in [0.1, 0.15) is 29.7 Å². The third kappa shape index (κ3) is 4.00. The number of nitrogens with one attached hydrogen (secondary N) is 1. The van der Waals surface area contributed by atoms with Crippen LogP contribution in [0.2, 0.25) is 0 Å². The Morgan fingerprint density at radius 2 is 1.86 bits per heavy atom. The molecule has 0 aliphatic carbocycles. The number of hydrogen-bond donors (Lipinski definition) is 2. The van der Waals surface area contributed by atoms with E-state index in [1.54, 1.807) is 24.3 Å². The highest BCUT2D eigenvalue weighted by Crippen LogP contribution is 2.12. The van der Waals surface area contributed by atoms with Gasteiger partial charge in [0.2, 0.25) is 0 Å². The predicted octanol–water partition coefficient (Wildman–Crippen LogP) is 2.57. The summed E-state index contributed by atoms with van der Waals surface area (Å²) in [7, 11) is 0. The molecule has 0 aromatic heterocycles. The summed E-state index contributed by atoms with van der Waals surface area (Å²) < 4.78 is 0. The topological polar surface area (TPSA) is 61.7 Å². The zero-order valence-corrected chi connectivity index (χ0v) is 12.1. The second kappa shape index (κ2) is 6.81. The van der Waals surface area contributed by atoms with Gasteiger partial charge in [-0.25, -0.2) is 5.43 Å². The van der Waals surface area contributed by atoms with E-state index >= 15 is 0 Å². The number of aryl methyl sites for hydroxylation is 1. The molecule has 1 amide bonds. The standard InChI is InChI=1S/C17H18N2O2/c1-12-7-6-10-15(11-12)13(2)18-19-17(21)16(20)14-8-4-3-5-9-14/h3-11,16,20H,1-2H3,(H,19,21)/b18-13+. The van der Waals surface area contributed by atoms with Crippen molar-refractivity contribution in [2.45, 2.75) is 20.0 Å². The quantitative estimate of drug-likeness (QED) is 0.669. The molecule has 0 radical (unpaired) electrons. The Balaban J connectivity index is 2.05. The molecule has 108 valence electrons. The Morgan fingerprint density at radius 1 is 1.14 bits per heavy atom. The lowest BCUT2D eigenvalue weighted by Crippen LogP contribution is -2.26. The van der Waals surface area contributed by atoms with Gasteiger partial charge in [0.25, 0.3) is 5.91 Å². The monoisotopic (exact) mass is 282 g/mol. The average molecular weight is 282 g/mol. The number of aliphatic hydroxyl groups excluding tert-OH is 1. The summed E-state index contributed by atoms with van der Waals surface area (Å²) in [6.45, 7) is 3.80. The molecule has 4 nitrogen and oxygen atoms in total. The van der Waals surface area contributed by atoms with Crippen LogP contribution in [0.4, 0.5) is 0 Å². The Hall–Kier alpha value is -2.46. The Kier molecular flexibility index (Phi) is 4.85. The molecular weight excluding hydrogens is 264 g/mol. The first-order chi connectivity index (χ1) is 10.1. The van der Waals surface area contributed by atoms with Crippen molar-refractivity contribution in [3.05, 3.63) is 71.3 Å². The zero-order valence-electron chi connectivity index (χ0n) is 12.1. The molecule has 0 fully saturated rings. The van der Waals surface area contributed by atoms with E-state index in [-0.39, 0.29) is 0 Å². The molecule has 0 saturated heterocycles. The largest absolute Gasteiger partial charge is 0.378 e. The maximum atomic E-state index is 11.9. The molecule has 2 aromatic carbocycles. The van der Waals surface area contributed by atoms with E-state index in [0.717, 1.165) is 11.1 Å². The minimum absolute atomic E-state index is 0.540. The number of carbonyl (C=O) groups is 1. The third-order valence-corrected chi connectivity index (χ3v) is 3.13. The fourth-order valence-electron chi connectivity index (χ4n) is 1.92. The number of carbonyl (C=O) groups excluding carboxylic acids is 1. The van der Waals surface area contributed by atoms with Crippen molar-refractivity contribution in [2.24, 2.45) is 5.10 Å². The van der Waals surface area contributed by atoms with Crippen molar-refractivity contribution < 1.29 is 9.90 Å². The number of nitrogens with zero attached hydrogens (tertiary/aromatic N) is 1. The lowest BCUT2D eigenvalue weighted by molar-refractivity contribution is -0.129. The van der Waals surface area contributed by atoms with Crippen molar-refractivity contribution in [1.29, 1.82) is 0 Å². The summed E-state index contributed by atoms with van der Waals surface area (Å²) in [6, 6.07) is 16.6. The first-order valence-electron chi connectivity index (χ1n) is 6.72. The highest BCUT2D eigenvalue weighted by molar-refractivity contribution is 5.99. The van der Waals surface area contributed by atoms with Gasteiger partial charge in [-0.1, -0.05) is 60.2 Å². The molecule has 0 aliphatic rings. The molecule has 0 bridgehead atoms. The molecule has 2 N–H and O–H groups in total. The molecule has 2 rings (SSSR count). The van der Waals surface area contributed by atoms with Gasteiger partial charge in [-0.05, 0) is 25.0 Å². The summed E-state index contributed by atoms with van der Waals surface area (Å²) in [6.07, 6.45) is -1.22. The van der Waals surface area contributed by atoms with Crippen LogP contribution in [0.5, 0.6) is 0 Å². The van der Waals surface area contributed by atoms with Gasteiger partial charge in [-0.2, -0.15) is 5.10 Å². The third-order valence-electron chi connectivity index (χ3n) is 3.13. The number of benzene rings is 2.